The Labute approximate surface area is 110 Å². The van der Waals surface area contributed by atoms with Gasteiger partial charge in [-0.25, -0.2) is 0 Å². The Morgan fingerprint density at radius 2 is 1.69 bits per heavy atom. The summed E-state index contributed by atoms with van der Waals surface area (Å²) in [7, 11) is 0. The molecule has 0 aliphatic rings. The van der Waals surface area contributed by atoms with Crippen molar-refractivity contribution in [3.63, 3.8) is 0 Å². The van der Waals surface area contributed by atoms with Crippen LogP contribution in [-0.2, 0) is 14.3 Å². The van der Waals surface area contributed by atoms with Gasteiger partial charge in [0, 0.05) is 6.61 Å². The molecular formula is C11H23GaO4. The van der Waals surface area contributed by atoms with Crippen molar-refractivity contribution in [2.45, 2.75) is 40.0 Å². The fraction of sp³-hybridized carbons (Fsp3) is 0.818. The predicted molar refractivity (Wildman–Crippen MR) is 66.7 cm³/mol. The van der Waals surface area contributed by atoms with Gasteiger partial charge in [0.15, 0.2) is 5.78 Å². The second-order valence-corrected chi connectivity index (χ2v) is 3.57. The number of aliphatic carboxylic acids is 1. The van der Waals surface area contributed by atoms with E-state index in [0.717, 1.165) is 6.42 Å². The average Bonchev–Trinajstić information content (AvgIpc) is 2.20. The first kappa shape index (κ1) is 18.1. The van der Waals surface area contributed by atoms with Gasteiger partial charge in [-0.05, 0) is 19.3 Å². The van der Waals surface area contributed by atoms with E-state index in [-0.39, 0.29) is 32.2 Å². The van der Waals surface area contributed by atoms with Crippen LogP contribution in [0.5, 0.6) is 0 Å². The van der Waals surface area contributed by atoms with Gasteiger partial charge in [-0.2, -0.15) is 0 Å². The minimum absolute atomic E-state index is 0. The fourth-order valence-corrected chi connectivity index (χ4v) is 1.51. The molecule has 0 saturated heterocycles. The third-order valence-electron chi connectivity index (χ3n) is 2.73. The number of carboxylic acids is 1. The van der Waals surface area contributed by atoms with Crippen LogP contribution < -0.4 is 0 Å². The molecule has 4 nitrogen and oxygen atoms in total. The Bertz CT molecular complexity index is 224. The van der Waals surface area contributed by atoms with Gasteiger partial charge >= 0.3 is 25.8 Å². The van der Waals surface area contributed by atoms with Crippen LogP contribution in [-0.4, -0.2) is 49.9 Å². The monoisotopic (exact) mass is 288 g/mol. The maximum atomic E-state index is 11.7. The van der Waals surface area contributed by atoms with Crippen LogP contribution in [0.1, 0.15) is 40.0 Å². The fourth-order valence-electron chi connectivity index (χ4n) is 1.51. The number of Topliss-reactive ketones (excluding diaryl/α,β-unsaturated/α-hetero) is 1. The van der Waals surface area contributed by atoms with Gasteiger partial charge < -0.3 is 9.84 Å². The first-order valence-corrected chi connectivity index (χ1v) is 5.39. The maximum absolute atomic E-state index is 11.7. The molecule has 0 unspecified atom stereocenters. The molecule has 0 fully saturated rings. The Morgan fingerprint density at radius 3 is 2.00 bits per heavy atom. The van der Waals surface area contributed by atoms with Crippen molar-refractivity contribution in [1.29, 1.82) is 0 Å². The van der Waals surface area contributed by atoms with Crippen LogP contribution in [0, 0.1) is 5.41 Å². The van der Waals surface area contributed by atoms with Crippen molar-refractivity contribution in [1.82, 2.24) is 0 Å². The molecule has 0 aromatic carbocycles. The molecule has 0 saturated carbocycles. The summed E-state index contributed by atoms with van der Waals surface area (Å²) in [6.07, 6.45) is 1.45. The first-order valence-electron chi connectivity index (χ1n) is 5.39. The molecule has 94 valence electrons. The van der Waals surface area contributed by atoms with Crippen molar-refractivity contribution in [2.75, 3.05) is 13.2 Å². The van der Waals surface area contributed by atoms with Crippen molar-refractivity contribution in [3.8, 4) is 0 Å². The van der Waals surface area contributed by atoms with E-state index >= 15 is 0 Å². The molecule has 0 aliphatic heterocycles. The standard InChI is InChI=1S/C11H20O4.Ga.3H/c1-4-7-15-8-9(12)11(5-2,6-3)10(13)14;;;;/h4-8H2,1-3H3,(H,13,14);;;;. The summed E-state index contributed by atoms with van der Waals surface area (Å²) >= 11 is 0. The third kappa shape index (κ3) is 4.31. The number of ether oxygens (including phenoxy) is 1. The summed E-state index contributed by atoms with van der Waals surface area (Å²) in [4.78, 5) is 22.8. The van der Waals surface area contributed by atoms with E-state index in [2.05, 4.69) is 0 Å². The zero-order chi connectivity index (χ0) is 11.9. The molecule has 0 radical (unpaired) electrons. The molecule has 0 aromatic heterocycles. The van der Waals surface area contributed by atoms with Gasteiger partial charge in [0.25, 0.3) is 0 Å². The molecule has 0 heterocycles. The molecular weight excluding hydrogens is 266 g/mol. The zero-order valence-electron chi connectivity index (χ0n) is 9.71. The van der Waals surface area contributed by atoms with Crippen molar-refractivity contribution < 1.29 is 19.4 Å². The number of hydrogen-bond donors (Lipinski definition) is 1. The summed E-state index contributed by atoms with van der Waals surface area (Å²) < 4.78 is 5.09. The number of carbonyl (C=O) groups is 2. The van der Waals surface area contributed by atoms with E-state index < -0.39 is 11.4 Å². The number of hydrogen-bond acceptors (Lipinski definition) is 3. The van der Waals surface area contributed by atoms with Gasteiger partial charge in [0.1, 0.15) is 12.0 Å². The summed E-state index contributed by atoms with van der Waals surface area (Å²) in [5.74, 6) is -1.37. The molecule has 0 atom stereocenters. The van der Waals surface area contributed by atoms with Crippen molar-refractivity contribution in [2.24, 2.45) is 5.41 Å². The molecule has 0 aromatic rings. The molecule has 0 rings (SSSR count). The topological polar surface area (TPSA) is 63.6 Å². The van der Waals surface area contributed by atoms with Crippen LogP contribution in [0.3, 0.4) is 0 Å². The van der Waals surface area contributed by atoms with E-state index in [9.17, 15) is 9.59 Å². The van der Waals surface area contributed by atoms with Crippen LogP contribution in [0.15, 0.2) is 0 Å². The van der Waals surface area contributed by atoms with Gasteiger partial charge in [0.05, 0.1) is 0 Å². The van der Waals surface area contributed by atoms with Gasteiger partial charge in [-0.3, -0.25) is 9.59 Å². The normalized spacial score (nSPS) is 10.7. The van der Waals surface area contributed by atoms with Gasteiger partial charge in [-0.15, -0.1) is 0 Å². The average molecular weight is 289 g/mol. The quantitative estimate of drug-likeness (QED) is 0.405. The molecule has 0 bridgehead atoms. The Balaban J connectivity index is 0. The Hall–Kier alpha value is -0.264. The van der Waals surface area contributed by atoms with Gasteiger partial charge in [-0.1, -0.05) is 20.8 Å². The number of carbonyl (C=O) groups excluding carboxylic acids is 1. The van der Waals surface area contributed by atoms with E-state index in [1.165, 1.54) is 0 Å². The van der Waals surface area contributed by atoms with Gasteiger partial charge in [0.2, 0.25) is 0 Å². The second kappa shape index (κ2) is 8.84. The summed E-state index contributed by atoms with van der Waals surface area (Å²) in [5, 5.41) is 9.07. The molecule has 5 heteroatoms. The molecule has 0 aliphatic carbocycles. The van der Waals surface area contributed by atoms with E-state index in [1.54, 1.807) is 13.8 Å². The van der Waals surface area contributed by atoms with E-state index in [1.807, 2.05) is 6.92 Å². The van der Waals surface area contributed by atoms with Crippen LogP contribution in [0.4, 0.5) is 0 Å². The van der Waals surface area contributed by atoms with Crippen LogP contribution in [0.25, 0.3) is 0 Å². The zero-order valence-corrected chi connectivity index (χ0v) is 9.71. The van der Waals surface area contributed by atoms with Crippen LogP contribution >= 0.6 is 0 Å². The summed E-state index contributed by atoms with van der Waals surface area (Å²) in [5.41, 5.74) is -1.26. The molecule has 0 amide bonds. The predicted octanol–water partition coefficient (Wildman–Crippen LogP) is 0.689. The molecule has 0 spiro atoms. The van der Waals surface area contributed by atoms with E-state index in [4.69, 9.17) is 9.84 Å². The summed E-state index contributed by atoms with van der Waals surface area (Å²) in [6, 6.07) is 0. The number of carboxylic acid groups (broad SMARTS) is 1. The minimum atomic E-state index is -1.26. The first-order chi connectivity index (χ1) is 7.05. The Morgan fingerprint density at radius 1 is 1.19 bits per heavy atom. The second-order valence-electron chi connectivity index (χ2n) is 3.57. The third-order valence-corrected chi connectivity index (χ3v) is 2.73. The Kier molecular flexibility index (Phi) is 10.0. The van der Waals surface area contributed by atoms with Crippen molar-refractivity contribution >= 4 is 31.5 Å². The van der Waals surface area contributed by atoms with E-state index in [0.29, 0.717) is 19.4 Å². The molecule has 1 N–H and O–H groups in total. The van der Waals surface area contributed by atoms with Crippen LogP contribution in [0.2, 0.25) is 0 Å². The summed E-state index contributed by atoms with van der Waals surface area (Å²) in [6.45, 7) is 5.77. The number of rotatable bonds is 8. The van der Waals surface area contributed by atoms with Crippen molar-refractivity contribution in [3.05, 3.63) is 0 Å². The molecule has 16 heavy (non-hydrogen) atoms. The number of ketones is 1. The SMILES string of the molecule is CCCOCC(=O)C(CC)(CC)C(=O)O.[GaH3].